The van der Waals surface area contributed by atoms with E-state index in [1.165, 1.54) is 16.7 Å². The molecule has 2 aromatic carbocycles. The molecule has 2 N–H and O–H groups in total. The highest BCUT2D eigenvalue weighted by Crippen LogP contribution is 2.41. The van der Waals surface area contributed by atoms with E-state index in [9.17, 15) is 4.79 Å². The van der Waals surface area contributed by atoms with Gasteiger partial charge < -0.3 is 10.3 Å². The number of amides is 1. The van der Waals surface area contributed by atoms with Gasteiger partial charge in [0.15, 0.2) is 0 Å². The van der Waals surface area contributed by atoms with E-state index in [-0.39, 0.29) is 17.4 Å². The third kappa shape index (κ3) is 3.19. The Morgan fingerprint density at radius 3 is 2.28 bits per heavy atom. The molecule has 29 heavy (non-hydrogen) atoms. The van der Waals surface area contributed by atoms with Gasteiger partial charge in [-0.1, -0.05) is 69.3 Å². The standard InChI is InChI=1S/C26H30N2O/c1-16-23(19-10-13-20(14-11-19)26(3,4)5)24(25(27)29)17(2)28(16)22-15-12-18-8-6-7-9-21(18)22/h6-11,13-14,22H,12,15H2,1-5H3,(H2,27,29). The maximum atomic E-state index is 12.5. The van der Waals surface area contributed by atoms with E-state index in [2.05, 4.69) is 80.8 Å². The van der Waals surface area contributed by atoms with E-state index in [0.29, 0.717) is 5.56 Å². The second kappa shape index (κ2) is 6.91. The molecule has 3 heteroatoms. The lowest BCUT2D eigenvalue weighted by molar-refractivity contribution is 0.1000. The number of hydrogen-bond acceptors (Lipinski definition) is 1. The molecule has 0 aliphatic heterocycles. The van der Waals surface area contributed by atoms with Crippen molar-refractivity contribution in [1.29, 1.82) is 0 Å². The maximum Gasteiger partial charge on any atom is 0.251 e. The first kappa shape index (κ1) is 19.5. The number of hydrogen-bond donors (Lipinski definition) is 1. The number of aromatic nitrogens is 1. The van der Waals surface area contributed by atoms with Crippen molar-refractivity contribution in [2.24, 2.45) is 5.73 Å². The van der Waals surface area contributed by atoms with E-state index in [1.54, 1.807) is 0 Å². The van der Waals surface area contributed by atoms with Crippen LogP contribution in [0.4, 0.5) is 0 Å². The maximum absolute atomic E-state index is 12.5. The van der Waals surface area contributed by atoms with E-state index >= 15 is 0 Å². The fourth-order valence-electron chi connectivity index (χ4n) is 4.92. The molecule has 1 aliphatic rings. The lowest BCUT2D eigenvalue weighted by atomic mass is 9.86. The van der Waals surface area contributed by atoms with Crippen LogP contribution < -0.4 is 5.73 Å². The summed E-state index contributed by atoms with van der Waals surface area (Å²) in [6.07, 6.45) is 2.12. The third-order valence-electron chi connectivity index (χ3n) is 6.40. The number of benzene rings is 2. The van der Waals surface area contributed by atoms with Crippen molar-refractivity contribution >= 4 is 5.91 Å². The summed E-state index contributed by atoms with van der Waals surface area (Å²) in [5.74, 6) is -0.356. The van der Waals surface area contributed by atoms with Gasteiger partial charge in [-0.15, -0.1) is 0 Å². The Balaban J connectivity index is 1.88. The minimum Gasteiger partial charge on any atom is -0.366 e. The van der Waals surface area contributed by atoms with Gasteiger partial charge in [0.1, 0.15) is 0 Å². The largest absolute Gasteiger partial charge is 0.366 e. The summed E-state index contributed by atoms with van der Waals surface area (Å²) in [5, 5.41) is 0. The Morgan fingerprint density at radius 2 is 1.66 bits per heavy atom. The first-order valence-corrected chi connectivity index (χ1v) is 10.4. The average molecular weight is 387 g/mol. The smallest absolute Gasteiger partial charge is 0.251 e. The van der Waals surface area contributed by atoms with Crippen molar-refractivity contribution in [3.8, 4) is 11.1 Å². The zero-order valence-corrected chi connectivity index (χ0v) is 18.0. The van der Waals surface area contributed by atoms with Gasteiger partial charge in [0.25, 0.3) is 5.91 Å². The normalized spacial score (nSPS) is 16.1. The lowest BCUT2D eigenvalue weighted by Gasteiger charge is -2.20. The Labute approximate surface area is 173 Å². The molecule has 150 valence electrons. The molecule has 1 heterocycles. The summed E-state index contributed by atoms with van der Waals surface area (Å²) < 4.78 is 2.33. The molecule has 0 fully saturated rings. The predicted molar refractivity (Wildman–Crippen MR) is 119 cm³/mol. The van der Waals surface area contributed by atoms with Crippen molar-refractivity contribution in [1.82, 2.24) is 4.57 Å². The number of carbonyl (C=O) groups is 1. The molecule has 1 unspecified atom stereocenters. The summed E-state index contributed by atoms with van der Waals surface area (Å²) in [7, 11) is 0. The number of rotatable bonds is 3. The van der Waals surface area contributed by atoms with Gasteiger partial charge in [0.05, 0.1) is 11.6 Å². The van der Waals surface area contributed by atoms with Crippen LogP contribution in [0.25, 0.3) is 11.1 Å². The predicted octanol–water partition coefficient (Wildman–Crippen LogP) is 5.70. The average Bonchev–Trinajstić information content (AvgIpc) is 3.19. The molecule has 0 spiro atoms. The molecular formula is C26H30N2O. The molecule has 4 rings (SSSR count). The minimum atomic E-state index is -0.356. The van der Waals surface area contributed by atoms with Crippen LogP contribution in [0.15, 0.2) is 48.5 Å². The van der Waals surface area contributed by atoms with Crippen LogP contribution in [0, 0.1) is 13.8 Å². The van der Waals surface area contributed by atoms with E-state index in [4.69, 9.17) is 5.73 Å². The number of carbonyl (C=O) groups excluding carboxylic acids is 1. The fourth-order valence-corrected chi connectivity index (χ4v) is 4.92. The number of nitrogens with two attached hydrogens (primary N) is 1. The van der Waals surface area contributed by atoms with Crippen LogP contribution >= 0.6 is 0 Å². The van der Waals surface area contributed by atoms with Crippen LogP contribution in [0.2, 0.25) is 0 Å². The van der Waals surface area contributed by atoms with Crippen molar-refractivity contribution in [2.45, 2.75) is 58.9 Å². The molecule has 1 atom stereocenters. The molecule has 0 saturated heterocycles. The summed E-state index contributed by atoms with van der Waals surface area (Å²) in [5.41, 5.74) is 14.8. The van der Waals surface area contributed by atoms with Gasteiger partial charge in [-0.05, 0) is 54.4 Å². The quantitative estimate of drug-likeness (QED) is 0.616. The van der Waals surface area contributed by atoms with Crippen LogP contribution in [-0.2, 0) is 11.8 Å². The Bertz CT molecular complexity index is 1080. The van der Waals surface area contributed by atoms with Crippen molar-refractivity contribution in [3.05, 3.63) is 82.2 Å². The lowest BCUT2D eigenvalue weighted by Crippen LogP contribution is -2.15. The summed E-state index contributed by atoms with van der Waals surface area (Å²) in [4.78, 5) is 12.5. The Morgan fingerprint density at radius 1 is 1.00 bits per heavy atom. The number of nitrogens with zero attached hydrogens (tertiary/aromatic N) is 1. The van der Waals surface area contributed by atoms with Crippen molar-refractivity contribution in [2.75, 3.05) is 0 Å². The Kier molecular flexibility index (Phi) is 4.65. The second-order valence-corrected chi connectivity index (χ2v) is 9.24. The van der Waals surface area contributed by atoms with Crippen molar-refractivity contribution < 1.29 is 4.79 Å². The number of primary amides is 1. The molecule has 3 nitrogen and oxygen atoms in total. The SMILES string of the molecule is Cc1c(C(N)=O)c(-c2ccc(C(C)(C)C)cc2)c(C)n1C1CCc2ccccc21. The van der Waals surface area contributed by atoms with Crippen LogP contribution in [0.3, 0.4) is 0 Å². The first-order valence-electron chi connectivity index (χ1n) is 10.4. The topological polar surface area (TPSA) is 48.0 Å². The minimum absolute atomic E-state index is 0.0928. The van der Waals surface area contributed by atoms with Crippen molar-refractivity contribution in [3.63, 3.8) is 0 Å². The highest BCUT2D eigenvalue weighted by Gasteiger charge is 2.30. The molecular weight excluding hydrogens is 356 g/mol. The van der Waals surface area contributed by atoms with Crippen LogP contribution in [-0.4, -0.2) is 10.5 Å². The second-order valence-electron chi connectivity index (χ2n) is 9.24. The van der Waals surface area contributed by atoms with Gasteiger partial charge in [-0.2, -0.15) is 0 Å². The van der Waals surface area contributed by atoms with E-state index in [0.717, 1.165) is 35.4 Å². The number of fused-ring (bicyclic) bond motifs is 1. The number of aryl methyl sites for hydroxylation is 1. The zero-order chi connectivity index (χ0) is 20.9. The van der Waals surface area contributed by atoms with Crippen LogP contribution in [0.1, 0.15) is 71.7 Å². The van der Waals surface area contributed by atoms with Gasteiger partial charge >= 0.3 is 0 Å². The zero-order valence-electron chi connectivity index (χ0n) is 18.0. The van der Waals surface area contributed by atoms with Gasteiger partial charge in [0, 0.05) is 17.0 Å². The first-order chi connectivity index (χ1) is 13.7. The monoisotopic (exact) mass is 386 g/mol. The third-order valence-corrected chi connectivity index (χ3v) is 6.40. The highest BCUT2D eigenvalue weighted by atomic mass is 16.1. The molecule has 1 aromatic heterocycles. The van der Waals surface area contributed by atoms with Gasteiger partial charge in [0.2, 0.25) is 0 Å². The van der Waals surface area contributed by atoms with E-state index in [1.807, 2.05) is 6.92 Å². The molecule has 3 aromatic rings. The summed E-state index contributed by atoms with van der Waals surface area (Å²) in [6, 6.07) is 17.5. The highest BCUT2D eigenvalue weighted by molar-refractivity contribution is 6.02. The van der Waals surface area contributed by atoms with Gasteiger partial charge in [-0.3, -0.25) is 4.79 Å². The molecule has 1 aliphatic carbocycles. The van der Waals surface area contributed by atoms with Crippen LogP contribution in [0.5, 0.6) is 0 Å². The van der Waals surface area contributed by atoms with Gasteiger partial charge in [-0.25, -0.2) is 0 Å². The fraction of sp³-hybridized carbons (Fsp3) is 0.346. The van der Waals surface area contributed by atoms with E-state index < -0.39 is 0 Å². The molecule has 0 saturated carbocycles. The molecule has 1 amide bonds. The molecule has 0 radical (unpaired) electrons. The summed E-state index contributed by atoms with van der Waals surface area (Å²) in [6.45, 7) is 10.8. The Hall–Kier alpha value is -2.81. The molecule has 0 bridgehead atoms. The summed E-state index contributed by atoms with van der Waals surface area (Å²) >= 11 is 0.